The van der Waals surface area contributed by atoms with E-state index in [2.05, 4.69) is 10.2 Å². The van der Waals surface area contributed by atoms with Crippen molar-refractivity contribution in [3.05, 3.63) is 64.9 Å². The molecule has 1 N–H and O–H groups in total. The van der Waals surface area contributed by atoms with Crippen molar-refractivity contribution in [2.75, 3.05) is 39.5 Å². The summed E-state index contributed by atoms with van der Waals surface area (Å²) in [6, 6.07) is 13.2. The van der Waals surface area contributed by atoms with Gasteiger partial charge in [-0.25, -0.2) is 4.39 Å². The summed E-state index contributed by atoms with van der Waals surface area (Å²) in [6.45, 7) is 3.14. The van der Waals surface area contributed by atoms with Gasteiger partial charge in [0.1, 0.15) is 11.6 Å². The highest BCUT2D eigenvalue weighted by molar-refractivity contribution is 6.31. The number of amides is 1. The Kier molecular flexibility index (Phi) is 7.04. The van der Waals surface area contributed by atoms with Crippen molar-refractivity contribution in [2.45, 2.75) is 6.04 Å². The van der Waals surface area contributed by atoms with Gasteiger partial charge in [-0.05, 0) is 35.9 Å². The first kappa shape index (κ1) is 19.6. The van der Waals surface area contributed by atoms with Crippen molar-refractivity contribution < 1.29 is 18.7 Å². The lowest BCUT2D eigenvalue weighted by Gasteiger charge is -2.35. The van der Waals surface area contributed by atoms with E-state index in [0.717, 1.165) is 18.7 Å². The number of carbonyl (C=O) groups is 1. The average molecular weight is 393 g/mol. The zero-order valence-corrected chi connectivity index (χ0v) is 15.6. The van der Waals surface area contributed by atoms with E-state index in [0.29, 0.717) is 30.5 Å². The Morgan fingerprint density at radius 3 is 2.59 bits per heavy atom. The quantitative estimate of drug-likeness (QED) is 0.786. The van der Waals surface area contributed by atoms with Crippen LogP contribution in [-0.2, 0) is 9.53 Å². The molecule has 0 aromatic heterocycles. The lowest BCUT2D eigenvalue weighted by atomic mass is 10.0. The normalized spacial score (nSPS) is 15.9. The minimum Gasteiger partial charge on any atom is -0.484 e. The monoisotopic (exact) mass is 392 g/mol. The van der Waals surface area contributed by atoms with Crippen molar-refractivity contribution in [2.24, 2.45) is 0 Å². The Bertz CT molecular complexity index is 751. The number of ether oxygens (including phenoxy) is 2. The summed E-state index contributed by atoms with van der Waals surface area (Å²) in [5.74, 6) is -0.146. The fourth-order valence-electron chi connectivity index (χ4n) is 3.01. The molecule has 0 unspecified atom stereocenters. The summed E-state index contributed by atoms with van der Waals surface area (Å²) in [7, 11) is 0. The molecule has 0 saturated carbocycles. The molecule has 27 heavy (non-hydrogen) atoms. The van der Waals surface area contributed by atoms with Crippen LogP contribution < -0.4 is 10.1 Å². The molecule has 1 heterocycles. The molecule has 7 heteroatoms. The first-order chi connectivity index (χ1) is 13.1. The van der Waals surface area contributed by atoms with Crippen molar-refractivity contribution in [1.82, 2.24) is 10.2 Å². The second-order valence-corrected chi connectivity index (χ2v) is 6.64. The molecule has 0 radical (unpaired) electrons. The number of benzene rings is 2. The van der Waals surface area contributed by atoms with Crippen molar-refractivity contribution in [3.8, 4) is 5.75 Å². The number of morpholine rings is 1. The van der Waals surface area contributed by atoms with Gasteiger partial charge in [0.05, 0.1) is 19.3 Å². The third-order valence-electron chi connectivity index (χ3n) is 4.43. The third kappa shape index (κ3) is 5.66. The molecule has 1 amide bonds. The molecule has 1 fully saturated rings. The fourth-order valence-corrected chi connectivity index (χ4v) is 3.27. The van der Waals surface area contributed by atoms with E-state index in [9.17, 15) is 9.18 Å². The first-order valence-electron chi connectivity index (χ1n) is 8.85. The number of carbonyl (C=O) groups excluding carboxylic acids is 1. The summed E-state index contributed by atoms with van der Waals surface area (Å²) in [4.78, 5) is 14.5. The van der Waals surface area contributed by atoms with Crippen LogP contribution in [0.3, 0.4) is 0 Å². The highest BCUT2D eigenvalue weighted by Crippen LogP contribution is 2.27. The number of halogens is 2. The van der Waals surface area contributed by atoms with Crippen molar-refractivity contribution in [1.29, 1.82) is 0 Å². The molecule has 2 aromatic carbocycles. The van der Waals surface area contributed by atoms with Gasteiger partial charge in [-0.1, -0.05) is 29.8 Å². The molecule has 1 atom stereocenters. The molecule has 5 nitrogen and oxygen atoms in total. The highest BCUT2D eigenvalue weighted by atomic mass is 35.5. The zero-order chi connectivity index (χ0) is 19.1. The molecule has 3 rings (SSSR count). The predicted octanol–water partition coefficient (Wildman–Crippen LogP) is 3.05. The van der Waals surface area contributed by atoms with E-state index in [1.165, 1.54) is 24.3 Å². The lowest BCUT2D eigenvalue weighted by molar-refractivity contribution is -0.123. The van der Waals surface area contributed by atoms with Crippen LogP contribution in [0.4, 0.5) is 4.39 Å². The van der Waals surface area contributed by atoms with Crippen LogP contribution >= 0.6 is 11.6 Å². The zero-order valence-electron chi connectivity index (χ0n) is 14.9. The second kappa shape index (κ2) is 9.69. The summed E-state index contributed by atoms with van der Waals surface area (Å²) in [5.41, 5.74) is 0.973. The number of hydrogen-bond acceptors (Lipinski definition) is 4. The summed E-state index contributed by atoms with van der Waals surface area (Å²) in [5, 5.41) is 3.58. The number of rotatable bonds is 7. The maximum atomic E-state index is 12.9. The van der Waals surface area contributed by atoms with Gasteiger partial charge < -0.3 is 14.8 Å². The van der Waals surface area contributed by atoms with Gasteiger partial charge in [0.15, 0.2) is 6.61 Å². The Hall–Kier alpha value is -2.15. The summed E-state index contributed by atoms with van der Waals surface area (Å²) >= 11 is 6.38. The number of hydrogen-bond donors (Lipinski definition) is 1. The minimum absolute atomic E-state index is 0.0441. The molecular weight excluding hydrogens is 371 g/mol. The molecule has 1 saturated heterocycles. The van der Waals surface area contributed by atoms with Gasteiger partial charge >= 0.3 is 0 Å². The number of nitrogens with one attached hydrogen (secondary N) is 1. The molecule has 0 spiro atoms. The molecule has 1 aliphatic heterocycles. The Morgan fingerprint density at radius 2 is 1.89 bits per heavy atom. The van der Waals surface area contributed by atoms with Gasteiger partial charge in [0.25, 0.3) is 5.91 Å². The van der Waals surface area contributed by atoms with Gasteiger partial charge in [-0.2, -0.15) is 0 Å². The van der Waals surface area contributed by atoms with E-state index >= 15 is 0 Å². The van der Waals surface area contributed by atoms with E-state index in [4.69, 9.17) is 21.1 Å². The van der Waals surface area contributed by atoms with E-state index < -0.39 is 0 Å². The largest absolute Gasteiger partial charge is 0.484 e. The average Bonchev–Trinajstić information content (AvgIpc) is 2.70. The maximum Gasteiger partial charge on any atom is 0.258 e. The van der Waals surface area contributed by atoms with Crippen LogP contribution in [0.1, 0.15) is 11.6 Å². The van der Waals surface area contributed by atoms with Crippen molar-refractivity contribution >= 4 is 17.5 Å². The predicted molar refractivity (Wildman–Crippen MR) is 101 cm³/mol. The summed E-state index contributed by atoms with van der Waals surface area (Å²) in [6.07, 6.45) is 0. The van der Waals surface area contributed by atoms with Gasteiger partial charge in [0.2, 0.25) is 0 Å². The highest BCUT2D eigenvalue weighted by Gasteiger charge is 2.24. The van der Waals surface area contributed by atoms with Crippen LogP contribution in [0.15, 0.2) is 48.5 Å². The maximum absolute atomic E-state index is 12.9. The molecule has 144 valence electrons. The second-order valence-electron chi connectivity index (χ2n) is 6.23. The van der Waals surface area contributed by atoms with Crippen LogP contribution in [0.2, 0.25) is 5.02 Å². The lowest BCUT2D eigenvalue weighted by Crippen LogP contribution is -2.44. The molecule has 1 aliphatic rings. The standard InChI is InChI=1S/C20H22ClFN2O3/c21-18-4-2-1-3-17(18)19(24-9-11-26-12-10-24)13-23-20(25)14-27-16-7-5-15(22)6-8-16/h1-8,19H,9-14H2,(H,23,25)/t19-/m0/s1. The third-order valence-corrected chi connectivity index (χ3v) is 4.77. The molecule has 2 aromatic rings. The number of nitrogens with zero attached hydrogens (tertiary/aromatic N) is 1. The van der Waals surface area contributed by atoms with Crippen LogP contribution in [0.25, 0.3) is 0 Å². The van der Waals surface area contributed by atoms with E-state index in [1.807, 2.05) is 24.3 Å². The molecular formula is C20H22ClFN2O3. The van der Waals surface area contributed by atoms with Gasteiger partial charge in [-0.15, -0.1) is 0 Å². The Balaban J connectivity index is 1.59. The fraction of sp³-hybridized carbons (Fsp3) is 0.350. The summed E-state index contributed by atoms with van der Waals surface area (Å²) < 4.78 is 23.7. The van der Waals surface area contributed by atoms with Gasteiger partial charge in [-0.3, -0.25) is 9.69 Å². The Labute approximate surface area is 163 Å². The topological polar surface area (TPSA) is 50.8 Å². The van der Waals surface area contributed by atoms with E-state index in [-0.39, 0.29) is 24.4 Å². The van der Waals surface area contributed by atoms with E-state index in [1.54, 1.807) is 0 Å². The molecule has 0 aliphatic carbocycles. The molecule has 0 bridgehead atoms. The minimum atomic E-state index is -0.347. The van der Waals surface area contributed by atoms with Gasteiger partial charge in [0, 0.05) is 24.7 Å². The first-order valence-corrected chi connectivity index (χ1v) is 9.22. The SMILES string of the molecule is O=C(COc1ccc(F)cc1)NC[C@@H](c1ccccc1Cl)N1CCOCC1. The van der Waals surface area contributed by atoms with Crippen molar-refractivity contribution in [3.63, 3.8) is 0 Å². The van der Waals surface area contributed by atoms with Crippen LogP contribution in [-0.4, -0.2) is 50.3 Å². The van der Waals surface area contributed by atoms with Crippen LogP contribution in [0, 0.1) is 5.82 Å². The Morgan fingerprint density at radius 1 is 1.19 bits per heavy atom. The smallest absolute Gasteiger partial charge is 0.258 e. The van der Waals surface area contributed by atoms with Crippen LogP contribution in [0.5, 0.6) is 5.75 Å².